The molecule has 1 heterocycles. The zero-order valence-corrected chi connectivity index (χ0v) is 19.2. The van der Waals surface area contributed by atoms with Gasteiger partial charge in [-0.1, -0.05) is 42.5 Å². The molecule has 6 heteroatoms. The maximum Gasteiger partial charge on any atom is 0.341 e. The molecule has 0 N–H and O–H groups in total. The number of nitrogens with zero attached hydrogens (tertiary/aromatic N) is 2. The first kappa shape index (κ1) is 22.6. The summed E-state index contributed by atoms with van der Waals surface area (Å²) in [6.45, 7) is 2.81. The molecular formula is C27H28N2O4. The zero-order valence-electron chi connectivity index (χ0n) is 19.2. The van der Waals surface area contributed by atoms with Gasteiger partial charge in [-0.25, -0.2) is 4.79 Å². The number of hydrogen-bond acceptors (Lipinski definition) is 5. The Morgan fingerprint density at radius 2 is 1.55 bits per heavy atom. The third kappa shape index (κ3) is 5.23. The molecular weight excluding hydrogens is 416 g/mol. The lowest BCUT2D eigenvalue weighted by atomic mass is 10.1. The molecule has 0 fully saturated rings. The van der Waals surface area contributed by atoms with E-state index in [1.165, 1.54) is 23.1 Å². The first-order valence-electron chi connectivity index (χ1n) is 10.9. The van der Waals surface area contributed by atoms with E-state index in [-0.39, 0.29) is 12.5 Å². The SMILES string of the molecule is COC(=O)c1cc(CN2Cc3ccccc3C2)ccc1OCc1ccc(C(=O)N(C)C)cc1. The number of fused-ring (bicyclic) bond motifs is 1. The number of methoxy groups -OCH3 is 1. The fourth-order valence-corrected chi connectivity index (χ4v) is 4.01. The number of amides is 1. The van der Waals surface area contributed by atoms with Crippen LogP contribution in [0.15, 0.2) is 66.7 Å². The molecule has 0 unspecified atom stereocenters. The van der Waals surface area contributed by atoms with Gasteiger partial charge in [-0.05, 0) is 46.5 Å². The van der Waals surface area contributed by atoms with Crippen LogP contribution in [0.25, 0.3) is 0 Å². The van der Waals surface area contributed by atoms with Crippen molar-refractivity contribution in [1.29, 1.82) is 0 Å². The molecule has 0 saturated carbocycles. The van der Waals surface area contributed by atoms with Crippen LogP contribution < -0.4 is 4.74 Å². The molecule has 1 aliphatic heterocycles. The molecule has 0 atom stereocenters. The summed E-state index contributed by atoms with van der Waals surface area (Å²) < 4.78 is 11.0. The molecule has 1 aliphatic rings. The van der Waals surface area contributed by atoms with Gasteiger partial charge in [0, 0.05) is 39.3 Å². The van der Waals surface area contributed by atoms with Crippen molar-refractivity contribution in [2.45, 2.75) is 26.2 Å². The Labute approximate surface area is 194 Å². The minimum Gasteiger partial charge on any atom is -0.488 e. The Bertz CT molecular complexity index is 1130. The van der Waals surface area contributed by atoms with Gasteiger partial charge in [0.15, 0.2) is 0 Å². The minimum atomic E-state index is -0.427. The van der Waals surface area contributed by atoms with Gasteiger partial charge in [-0.15, -0.1) is 0 Å². The van der Waals surface area contributed by atoms with Gasteiger partial charge in [-0.3, -0.25) is 9.69 Å². The van der Waals surface area contributed by atoms with Gasteiger partial charge in [0.2, 0.25) is 0 Å². The molecule has 3 aromatic rings. The second-order valence-corrected chi connectivity index (χ2v) is 8.42. The zero-order chi connectivity index (χ0) is 23.4. The molecule has 0 bridgehead atoms. The number of esters is 1. The van der Waals surface area contributed by atoms with E-state index in [9.17, 15) is 9.59 Å². The summed E-state index contributed by atoms with van der Waals surface area (Å²) >= 11 is 0. The molecule has 0 radical (unpaired) electrons. The first-order valence-corrected chi connectivity index (χ1v) is 10.9. The van der Waals surface area contributed by atoms with Crippen LogP contribution in [0.4, 0.5) is 0 Å². The summed E-state index contributed by atoms with van der Waals surface area (Å²) in [5, 5.41) is 0. The quantitative estimate of drug-likeness (QED) is 0.510. The molecule has 0 aromatic heterocycles. The van der Waals surface area contributed by atoms with E-state index in [2.05, 4.69) is 29.2 Å². The molecule has 6 nitrogen and oxygen atoms in total. The Balaban J connectivity index is 1.45. The van der Waals surface area contributed by atoms with Crippen molar-refractivity contribution < 1.29 is 19.1 Å². The smallest absolute Gasteiger partial charge is 0.341 e. The Hall–Kier alpha value is -3.64. The highest BCUT2D eigenvalue weighted by Gasteiger charge is 2.20. The van der Waals surface area contributed by atoms with Gasteiger partial charge in [0.25, 0.3) is 5.91 Å². The third-order valence-electron chi connectivity index (χ3n) is 5.76. The summed E-state index contributed by atoms with van der Waals surface area (Å²) in [4.78, 5) is 28.4. The van der Waals surface area contributed by atoms with Crippen LogP contribution in [0.5, 0.6) is 5.75 Å². The lowest BCUT2D eigenvalue weighted by Crippen LogP contribution is -2.21. The summed E-state index contributed by atoms with van der Waals surface area (Å²) in [7, 11) is 4.82. The maximum atomic E-state index is 12.4. The Morgan fingerprint density at radius 1 is 0.909 bits per heavy atom. The molecule has 1 amide bonds. The average molecular weight is 445 g/mol. The van der Waals surface area contributed by atoms with Crippen molar-refractivity contribution in [2.24, 2.45) is 0 Å². The number of carbonyl (C=O) groups excluding carboxylic acids is 2. The van der Waals surface area contributed by atoms with Crippen LogP contribution in [-0.4, -0.2) is 42.9 Å². The molecule has 170 valence electrons. The average Bonchev–Trinajstić information content (AvgIpc) is 3.24. The fraction of sp³-hybridized carbons (Fsp3) is 0.259. The summed E-state index contributed by atoms with van der Waals surface area (Å²) in [5.41, 5.74) is 5.66. The van der Waals surface area contributed by atoms with E-state index < -0.39 is 5.97 Å². The predicted molar refractivity (Wildman–Crippen MR) is 126 cm³/mol. The van der Waals surface area contributed by atoms with Gasteiger partial charge < -0.3 is 14.4 Å². The van der Waals surface area contributed by atoms with Crippen LogP contribution in [0, 0.1) is 0 Å². The van der Waals surface area contributed by atoms with Crippen molar-refractivity contribution in [3.63, 3.8) is 0 Å². The van der Waals surface area contributed by atoms with E-state index in [0.29, 0.717) is 16.9 Å². The van der Waals surface area contributed by atoms with E-state index in [4.69, 9.17) is 9.47 Å². The Kier molecular flexibility index (Phi) is 6.75. The van der Waals surface area contributed by atoms with E-state index >= 15 is 0 Å². The van der Waals surface area contributed by atoms with Crippen molar-refractivity contribution >= 4 is 11.9 Å². The largest absolute Gasteiger partial charge is 0.488 e. The van der Waals surface area contributed by atoms with Gasteiger partial charge in [0.05, 0.1) is 7.11 Å². The standard InChI is InChI=1S/C27H28N2O4/c1-28(2)26(30)21-11-8-19(9-12-21)18-33-25-13-10-20(14-24(25)27(31)32-3)15-29-16-22-6-4-5-7-23(22)17-29/h4-14H,15-18H2,1-3H3. The lowest BCUT2D eigenvalue weighted by molar-refractivity contribution is 0.0595. The van der Waals surface area contributed by atoms with E-state index in [1.54, 1.807) is 26.2 Å². The number of rotatable bonds is 7. The lowest BCUT2D eigenvalue weighted by Gasteiger charge is -2.17. The molecule has 33 heavy (non-hydrogen) atoms. The molecule has 0 spiro atoms. The molecule has 0 aliphatic carbocycles. The van der Waals surface area contributed by atoms with Crippen molar-refractivity contribution in [3.05, 3.63) is 100 Å². The van der Waals surface area contributed by atoms with Crippen LogP contribution in [0.1, 0.15) is 43.0 Å². The fourth-order valence-electron chi connectivity index (χ4n) is 4.01. The summed E-state index contributed by atoms with van der Waals surface area (Å²) in [6.07, 6.45) is 0. The predicted octanol–water partition coefficient (Wildman–Crippen LogP) is 4.27. The van der Waals surface area contributed by atoms with Crippen molar-refractivity contribution in [1.82, 2.24) is 9.80 Å². The molecule has 0 saturated heterocycles. The van der Waals surface area contributed by atoms with Gasteiger partial charge in [-0.2, -0.15) is 0 Å². The van der Waals surface area contributed by atoms with Crippen LogP contribution in [0.3, 0.4) is 0 Å². The topological polar surface area (TPSA) is 59.1 Å². The normalized spacial score (nSPS) is 12.8. The van der Waals surface area contributed by atoms with E-state index in [1.807, 2.05) is 30.3 Å². The van der Waals surface area contributed by atoms with Crippen LogP contribution in [-0.2, 0) is 31.0 Å². The highest BCUT2D eigenvalue weighted by atomic mass is 16.5. The second-order valence-electron chi connectivity index (χ2n) is 8.42. The van der Waals surface area contributed by atoms with Crippen LogP contribution >= 0.6 is 0 Å². The minimum absolute atomic E-state index is 0.0490. The Morgan fingerprint density at radius 3 is 2.15 bits per heavy atom. The highest BCUT2D eigenvalue weighted by Crippen LogP contribution is 2.27. The highest BCUT2D eigenvalue weighted by molar-refractivity contribution is 5.94. The monoisotopic (exact) mass is 444 g/mol. The van der Waals surface area contributed by atoms with Crippen LogP contribution in [0.2, 0.25) is 0 Å². The second kappa shape index (κ2) is 9.88. The number of ether oxygens (including phenoxy) is 2. The number of benzene rings is 3. The summed E-state index contributed by atoms with van der Waals surface area (Å²) in [6, 6.07) is 21.4. The van der Waals surface area contributed by atoms with E-state index in [0.717, 1.165) is 30.8 Å². The van der Waals surface area contributed by atoms with Gasteiger partial charge in [0.1, 0.15) is 17.9 Å². The first-order chi connectivity index (χ1) is 15.9. The molecule has 4 rings (SSSR count). The van der Waals surface area contributed by atoms with Crippen molar-refractivity contribution in [2.75, 3.05) is 21.2 Å². The maximum absolute atomic E-state index is 12.4. The summed E-state index contributed by atoms with van der Waals surface area (Å²) in [5.74, 6) is -0.000582. The van der Waals surface area contributed by atoms with Gasteiger partial charge >= 0.3 is 5.97 Å². The number of carbonyl (C=O) groups is 2. The van der Waals surface area contributed by atoms with Crippen molar-refractivity contribution in [3.8, 4) is 5.75 Å². The molecule has 3 aromatic carbocycles. The number of hydrogen-bond donors (Lipinski definition) is 0. The third-order valence-corrected chi connectivity index (χ3v) is 5.76.